The summed E-state index contributed by atoms with van der Waals surface area (Å²) in [6.07, 6.45) is 9.74. The van der Waals surface area contributed by atoms with Crippen molar-refractivity contribution in [3.8, 4) is 0 Å². The van der Waals surface area contributed by atoms with E-state index < -0.39 is 0 Å². The second-order valence-corrected chi connectivity index (χ2v) is 7.17. The van der Waals surface area contributed by atoms with Crippen molar-refractivity contribution in [3.05, 3.63) is 36.3 Å². The molecule has 6 nitrogen and oxygen atoms in total. The monoisotopic (exact) mass is 341 g/mol. The molecule has 25 heavy (non-hydrogen) atoms. The number of carbonyl (C=O) groups excluding carboxylic acids is 1. The van der Waals surface area contributed by atoms with Gasteiger partial charge in [0.1, 0.15) is 5.65 Å². The lowest BCUT2D eigenvalue weighted by Crippen LogP contribution is -2.52. The molecule has 2 aliphatic rings. The Morgan fingerprint density at radius 3 is 2.92 bits per heavy atom. The predicted octanol–water partition coefficient (Wildman–Crippen LogP) is 2.15. The highest BCUT2D eigenvalue weighted by molar-refractivity contribution is 5.74. The van der Waals surface area contributed by atoms with Gasteiger partial charge in [0.2, 0.25) is 0 Å². The molecule has 2 aromatic heterocycles. The van der Waals surface area contributed by atoms with Gasteiger partial charge in [0, 0.05) is 44.5 Å². The van der Waals surface area contributed by atoms with Gasteiger partial charge < -0.3 is 14.6 Å². The summed E-state index contributed by atoms with van der Waals surface area (Å²) in [5.41, 5.74) is 1.97. The second-order valence-electron chi connectivity index (χ2n) is 7.17. The summed E-state index contributed by atoms with van der Waals surface area (Å²) in [5, 5.41) is 3.08. The third-order valence-electron chi connectivity index (χ3n) is 5.41. The fourth-order valence-electron chi connectivity index (χ4n) is 4.06. The second kappa shape index (κ2) is 7.44. The minimum absolute atomic E-state index is 0.0765. The van der Waals surface area contributed by atoms with Crippen LogP contribution in [0.3, 0.4) is 0 Å². The van der Waals surface area contributed by atoms with Crippen LogP contribution in [0.1, 0.15) is 31.4 Å². The molecule has 2 aromatic rings. The number of rotatable bonds is 4. The molecule has 2 fully saturated rings. The zero-order chi connectivity index (χ0) is 17.1. The van der Waals surface area contributed by atoms with Crippen LogP contribution in [-0.2, 0) is 6.42 Å². The van der Waals surface area contributed by atoms with Crippen molar-refractivity contribution < 1.29 is 4.79 Å². The van der Waals surface area contributed by atoms with E-state index in [0.717, 1.165) is 37.3 Å². The number of urea groups is 1. The van der Waals surface area contributed by atoms with Crippen LogP contribution in [0.2, 0.25) is 0 Å². The number of hydrogen-bond acceptors (Lipinski definition) is 3. The van der Waals surface area contributed by atoms with Crippen LogP contribution in [0.4, 0.5) is 4.79 Å². The molecule has 134 valence electrons. The lowest BCUT2D eigenvalue weighted by Gasteiger charge is -2.37. The van der Waals surface area contributed by atoms with E-state index in [1.807, 2.05) is 39.9 Å². The third-order valence-corrected chi connectivity index (χ3v) is 5.41. The van der Waals surface area contributed by atoms with E-state index in [2.05, 4.69) is 15.2 Å². The maximum Gasteiger partial charge on any atom is 0.317 e. The number of nitrogens with one attached hydrogen (secondary N) is 1. The molecule has 4 heterocycles. The Kier molecular flexibility index (Phi) is 4.88. The first-order valence-corrected chi connectivity index (χ1v) is 9.49. The fourth-order valence-corrected chi connectivity index (χ4v) is 4.06. The summed E-state index contributed by atoms with van der Waals surface area (Å²) in [6, 6.07) is 6.61. The van der Waals surface area contributed by atoms with Gasteiger partial charge in [-0.1, -0.05) is 6.07 Å². The molecule has 0 aromatic carbocycles. The Morgan fingerprint density at radius 1 is 1.20 bits per heavy atom. The predicted molar refractivity (Wildman–Crippen MR) is 97.7 cm³/mol. The number of piperidine rings is 1. The largest absolute Gasteiger partial charge is 0.338 e. The summed E-state index contributed by atoms with van der Waals surface area (Å²) >= 11 is 0. The average molecular weight is 341 g/mol. The number of nitrogens with zero attached hydrogens (tertiary/aromatic N) is 4. The Hall–Kier alpha value is -2.08. The zero-order valence-corrected chi connectivity index (χ0v) is 14.7. The fraction of sp³-hybridized carbons (Fsp3) is 0.579. The standard InChI is InChI=1S/C19H27N5O/c25-19(24-13-5-6-17(15-24)22-10-3-4-11-22)20-9-8-16-14-23-12-2-1-7-18(23)21-16/h1-2,7,12,14,17H,3-6,8-11,13,15H2,(H,20,25). The van der Waals surface area contributed by atoms with Gasteiger partial charge >= 0.3 is 6.03 Å². The molecule has 0 spiro atoms. The number of likely N-dealkylation sites (tertiary alicyclic amines) is 2. The van der Waals surface area contributed by atoms with Crippen LogP contribution in [0.5, 0.6) is 0 Å². The van der Waals surface area contributed by atoms with E-state index >= 15 is 0 Å². The lowest BCUT2D eigenvalue weighted by molar-refractivity contribution is 0.125. The van der Waals surface area contributed by atoms with Gasteiger partial charge in [-0.05, 0) is 50.9 Å². The van der Waals surface area contributed by atoms with Crippen molar-refractivity contribution in [3.63, 3.8) is 0 Å². The van der Waals surface area contributed by atoms with E-state index in [9.17, 15) is 4.79 Å². The molecule has 2 saturated heterocycles. The van der Waals surface area contributed by atoms with Crippen molar-refractivity contribution in [2.24, 2.45) is 0 Å². The Bertz CT molecular complexity index is 688. The minimum Gasteiger partial charge on any atom is -0.338 e. The van der Waals surface area contributed by atoms with Crippen LogP contribution in [0.15, 0.2) is 30.6 Å². The minimum atomic E-state index is 0.0765. The Balaban J connectivity index is 1.26. The van der Waals surface area contributed by atoms with Crippen molar-refractivity contribution >= 4 is 11.7 Å². The van der Waals surface area contributed by atoms with Crippen LogP contribution in [-0.4, -0.2) is 64.0 Å². The maximum absolute atomic E-state index is 12.5. The number of amides is 2. The van der Waals surface area contributed by atoms with Crippen LogP contribution in [0, 0.1) is 0 Å². The van der Waals surface area contributed by atoms with Crippen molar-refractivity contribution in [1.82, 2.24) is 24.5 Å². The number of fused-ring (bicyclic) bond motifs is 1. The normalized spacial score (nSPS) is 21.8. The van der Waals surface area contributed by atoms with Crippen LogP contribution < -0.4 is 5.32 Å². The van der Waals surface area contributed by atoms with Crippen molar-refractivity contribution in [2.75, 3.05) is 32.7 Å². The molecule has 0 saturated carbocycles. The van der Waals surface area contributed by atoms with Gasteiger partial charge in [0.15, 0.2) is 0 Å². The molecule has 4 rings (SSSR count). The molecule has 0 radical (unpaired) electrons. The molecule has 2 aliphatic heterocycles. The molecule has 1 atom stereocenters. The number of aromatic nitrogens is 2. The number of hydrogen-bond donors (Lipinski definition) is 1. The Labute approximate surface area is 148 Å². The molecule has 1 unspecified atom stereocenters. The highest BCUT2D eigenvalue weighted by atomic mass is 16.2. The molecular weight excluding hydrogens is 314 g/mol. The van der Waals surface area contributed by atoms with Gasteiger partial charge in [-0.2, -0.15) is 0 Å². The van der Waals surface area contributed by atoms with Gasteiger partial charge in [-0.15, -0.1) is 0 Å². The zero-order valence-electron chi connectivity index (χ0n) is 14.7. The number of pyridine rings is 1. The van der Waals surface area contributed by atoms with Crippen molar-refractivity contribution in [2.45, 2.75) is 38.1 Å². The van der Waals surface area contributed by atoms with E-state index in [1.165, 1.54) is 32.4 Å². The molecule has 6 heteroatoms. The Morgan fingerprint density at radius 2 is 2.08 bits per heavy atom. The average Bonchev–Trinajstić information content (AvgIpc) is 3.31. The summed E-state index contributed by atoms with van der Waals surface area (Å²) in [5.74, 6) is 0. The third kappa shape index (κ3) is 3.79. The number of carbonyl (C=O) groups is 1. The first-order valence-electron chi connectivity index (χ1n) is 9.49. The van der Waals surface area contributed by atoms with E-state index in [-0.39, 0.29) is 6.03 Å². The summed E-state index contributed by atoms with van der Waals surface area (Å²) in [7, 11) is 0. The molecule has 2 amide bonds. The maximum atomic E-state index is 12.5. The first-order chi connectivity index (χ1) is 12.3. The summed E-state index contributed by atoms with van der Waals surface area (Å²) in [4.78, 5) is 21.6. The quantitative estimate of drug-likeness (QED) is 0.927. The molecule has 1 N–H and O–H groups in total. The topological polar surface area (TPSA) is 52.9 Å². The van der Waals surface area contributed by atoms with E-state index in [4.69, 9.17) is 0 Å². The molecule has 0 bridgehead atoms. The first kappa shape index (κ1) is 16.4. The van der Waals surface area contributed by atoms with E-state index in [0.29, 0.717) is 12.6 Å². The highest BCUT2D eigenvalue weighted by Gasteiger charge is 2.29. The van der Waals surface area contributed by atoms with Gasteiger partial charge in [-0.25, -0.2) is 9.78 Å². The lowest BCUT2D eigenvalue weighted by atomic mass is 10.0. The molecular formula is C19H27N5O. The van der Waals surface area contributed by atoms with Crippen molar-refractivity contribution in [1.29, 1.82) is 0 Å². The number of imidazole rings is 1. The van der Waals surface area contributed by atoms with E-state index in [1.54, 1.807) is 0 Å². The molecule has 0 aliphatic carbocycles. The smallest absolute Gasteiger partial charge is 0.317 e. The van der Waals surface area contributed by atoms with Crippen LogP contribution >= 0.6 is 0 Å². The highest BCUT2D eigenvalue weighted by Crippen LogP contribution is 2.20. The summed E-state index contributed by atoms with van der Waals surface area (Å²) < 4.78 is 2.02. The van der Waals surface area contributed by atoms with Gasteiger partial charge in [0.25, 0.3) is 0 Å². The summed E-state index contributed by atoms with van der Waals surface area (Å²) in [6.45, 7) is 4.79. The van der Waals surface area contributed by atoms with Crippen LogP contribution in [0.25, 0.3) is 5.65 Å². The SMILES string of the molecule is O=C(NCCc1cn2ccccc2n1)N1CCCC(N2CCCC2)C1. The van der Waals surface area contributed by atoms with Gasteiger partial charge in [-0.3, -0.25) is 4.90 Å². The van der Waals surface area contributed by atoms with Gasteiger partial charge in [0.05, 0.1) is 5.69 Å².